The first-order chi connectivity index (χ1) is 13.8. The normalized spacial score (nSPS) is 16.8. The predicted octanol–water partition coefficient (Wildman–Crippen LogP) is 4.04. The lowest BCUT2D eigenvalue weighted by Crippen LogP contribution is -2.38. The van der Waals surface area contributed by atoms with Crippen LogP contribution >= 0.6 is 0 Å². The number of likely N-dealkylation sites (tertiary alicyclic amines) is 1. The maximum Gasteiger partial charge on any atom is 0.260 e. The number of hydrogen-bond donors (Lipinski definition) is 0. The van der Waals surface area contributed by atoms with Crippen molar-refractivity contribution in [2.24, 2.45) is 0 Å². The summed E-state index contributed by atoms with van der Waals surface area (Å²) >= 11 is 0. The SMILES string of the molecule is COc1ncccc1C(=O)N1CCCC[C@@H]1c1ncc(Cc2ccccc2)o1. The molecule has 6 heteroatoms. The second-order valence-electron chi connectivity index (χ2n) is 6.90. The second kappa shape index (κ2) is 8.25. The Balaban J connectivity index is 1.57. The second-order valence-corrected chi connectivity index (χ2v) is 6.90. The van der Waals surface area contributed by atoms with Crippen LogP contribution in [0.4, 0.5) is 0 Å². The van der Waals surface area contributed by atoms with E-state index in [1.807, 2.05) is 23.1 Å². The summed E-state index contributed by atoms with van der Waals surface area (Å²) < 4.78 is 11.3. The van der Waals surface area contributed by atoms with Gasteiger partial charge in [-0.05, 0) is 37.0 Å². The van der Waals surface area contributed by atoms with E-state index in [4.69, 9.17) is 9.15 Å². The molecule has 6 nitrogen and oxygen atoms in total. The lowest BCUT2D eigenvalue weighted by Gasteiger charge is -2.34. The number of ether oxygens (including phenoxy) is 1. The van der Waals surface area contributed by atoms with Crippen LogP contribution in [0.25, 0.3) is 0 Å². The van der Waals surface area contributed by atoms with E-state index >= 15 is 0 Å². The van der Waals surface area contributed by atoms with Gasteiger partial charge >= 0.3 is 0 Å². The van der Waals surface area contributed by atoms with Gasteiger partial charge in [-0.15, -0.1) is 0 Å². The monoisotopic (exact) mass is 377 g/mol. The minimum atomic E-state index is -0.171. The standard InChI is InChI=1S/C22H23N3O3/c1-27-20-18(10-7-12-23-20)22(26)25-13-6-5-11-19(25)21-24-15-17(28-21)14-16-8-3-2-4-9-16/h2-4,7-10,12,15,19H,5-6,11,13-14H2,1H3/t19-/m1/s1. The van der Waals surface area contributed by atoms with Crippen molar-refractivity contribution in [3.63, 3.8) is 0 Å². The Hall–Kier alpha value is -3.15. The number of piperidine rings is 1. The largest absolute Gasteiger partial charge is 0.480 e. The molecule has 1 amide bonds. The van der Waals surface area contributed by atoms with E-state index in [1.165, 1.54) is 12.7 Å². The van der Waals surface area contributed by atoms with Crippen LogP contribution in [0.2, 0.25) is 0 Å². The Bertz CT molecular complexity index is 939. The van der Waals surface area contributed by atoms with Gasteiger partial charge in [0.05, 0.1) is 13.3 Å². The molecule has 0 spiro atoms. The number of carbonyl (C=O) groups is 1. The Morgan fingerprint density at radius 3 is 2.86 bits per heavy atom. The molecule has 0 radical (unpaired) electrons. The number of oxazole rings is 1. The lowest BCUT2D eigenvalue weighted by atomic mass is 10.0. The number of amides is 1. The zero-order valence-electron chi connectivity index (χ0n) is 15.9. The van der Waals surface area contributed by atoms with Crippen molar-refractivity contribution in [1.82, 2.24) is 14.9 Å². The number of methoxy groups -OCH3 is 1. The van der Waals surface area contributed by atoms with Gasteiger partial charge in [0.15, 0.2) is 0 Å². The third-order valence-corrected chi connectivity index (χ3v) is 5.04. The first-order valence-electron chi connectivity index (χ1n) is 9.55. The van der Waals surface area contributed by atoms with Gasteiger partial charge in [-0.3, -0.25) is 4.79 Å². The maximum atomic E-state index is 13.2. The molecule has 1 aromatic carbocycles. The Labute approximate surface area is 164 Å². The third kappa shape index (κ3) is 3.76. The maximum absolute atomic E-state index is 13.2. The molecule has 1 aliphatic rings. The minimum Gasteiger partial charge on any atom is -0.480 e. The summed E-state index contributed by atoms with van der Waals surface area (Å²) in [5.74, 6) is 1.64. The molecular formula is C22H23N3O3. The van der Waals surface area contributed by atoms with Gasteiger partial charge in [-0.2, -0.15) is 0 Å². The highest BCUT2D eigenvalue weighted by Crippen LogP contribution is 2.33. The van der Waals surface area contributed by atoms with Crippen molar-refractivity contribution in [3.05, 3.63) is 77.6 Å². The molecule has 144 valence electrons. The van der Waals surface area contributed by atoms with E-state index in [0.717, 1.165) is 25.0 Å². The number of nitrogens with zero attached hydrogens (tertiary/aromatic N) is 3. The molecule has 1 atom stereocenters. The van der Waals surface area contributed by atoms with Crippen molar-refractivity contribution >= 4 is 5.91 Å². The van der Waals surface area contributed by atoms with E-state index < -0.39 is 0 Å². The number of hydrogen-bond acceptors (Lipinski definition) is 5. The fourth-order valence-corrected chi connectivity index (χ4v) is 3.66. The number of pyridine rings is 1. The highest BCUT2D eigenvalue weighted by atomic mass is 16.5. The summed E-state index contributed by atoms with van der Waals surface area (Å²) in [7, 11) is 1.52. The third-order valence-electron chi connectivity index (χ3n) is 5.04. The van der Waals surface area contributed by atoms with Crippen molar-refractivity contribution in [2.75, 3.05) is 13.7 Å². The molecule has 3 heterocycles. The van der Waals surface area contributed by atoms with Gasteiger partial charge in [0.1, 0.15) is 17.4 Å². The summed E-state index contributed by atoms with van der Waals surface area (Å²) in [4.78, 5) is 23.7. The van der Waals surface area contributed by atoms with Crippen molar-refractivity contribution in [1.29, 1.82) is 0 Å². The Kier molecular flexibility index (Phi) is 5.37. The lowest BCUT2D eigenvalue weighted by molar-refractivity contribution is 0.0566. The van der Waals surface area contributed by atoms with E-state index in [1.54, 1.807) is 24.5 Å². The molecule has 0 unspecified atom stereocenters. The Morgan fingerprint density at radius 2 is 2.04 bits per heavy atom. The van der Waals surface area contributed by atoms with E-state index in [0.29, 0.717) is 30.3 Å². The van der Waals surface area contributed by atoms with Gasteiger partial charge in [0.25, 0.3) is 5.91 Å². The molecule has 3 aromatic rings. The molecule has 0 saturated carbocycles. The highest BCUT2D eigenvalue weighted by molar-refractivity contribution is 5.96. The predicted molar refractivity (Wildman–Crippen MR) is 104 cm³/mol. The first-order valence-corrected chi connectivity index (χ1v) is 9.55. The summed E-state index contributed by atoms with van der Waals surface area (Å²) in [5, 5.41) is 0. The van der Waals surface area contributed by atoms with E-state index in [9.17, 15) is 4.79 Å². The molecule has 0 N–H and O–H groups in total. The average molecular weight is 377 g/mol. The molecule has 1 aliphatic heterocycles. The van der Waals surface area contributed by atoms with Crippen LogP contribution in [0, 0.1) is 0 Å². The van der Waals surface area contributed by atoms with Crippen LogP contribution in [-0.4, -0.2) is 34.4 Å². The number of carbonyl (C=O) groups excluding carboxylic acids is 1. The number of benzene rings is 1. The molecule has 0 bridgehead atoms. The summed E-state index contributed by atoms with van der Waals surface area (Å²) in [6, 6.07) is 13.5. The van der Waals surface area contributed by atoms with Crippen LogP contribution in [0.15, 0.2) is 59.3 Å². The average Bonchev–Trinajstić information content (AvgIpc) is 3.22. The van der Waals surface area contributed by atoms with Gasteiger partial charge in [0.2, 0.25) is 11.8 Å². The molecule has 1 fully saturated rings. The van der Waals surface area contributed by atoms with Gasteiger partial charge in [-0.1, -0.05) is 30.3 Å². The molecular weight excluding hydrogens is 354 g/mol. The van der Waals surface area contributed by atoms with Crippen LogP contribution in [0.1, 0.15) is 52.9 Å². The van der Waals surface area contributed by atoms with Crippen LogP contribution in [0.3, 0.4) is 0 Å². The van der Waals surface area contributed by atoms with Gasteiger partial charge in [-0.25, -0.2) is 9.97 Å². The smallest absolute Gasteiger partial charge is 0.260 e. The fraction of sp³-hybridized carbons (Fsp3) is 0.318. The summed E-state index contributed by atoms with van der Waals surface area (Å²) in [5.41, 5.74) is 1.63. The van der Waals surface area contributed by atoms with Crippen molar-refractivity contribution in [2.45, 2.75) is 31.7 Å². The van der Waals surface area contributed by atoms with Crippen molar-refractivity contribution < 1.29 is 13.9 Å². The van der Waals surface area contributed by atoms with Crippen molar-refractivity contribution in [3.8, 4) is 5.88 Å². The summed E-state index contributed by atoms with van der Waals surface area (Å²) in [6.07, 6.45) is 6.90. The molecule has 1 saturated heterocycles. The van der Waals surface area contributed by atoms with E-state index in [-0.39, 0.29) is 11.9 Å². The fourth-order valence-electron chi connectivity index (χ4n) is 3.66. The molecule has 0 aliphatic carbocycles. The van der Waals surface area contributed by atoms with Crippen LogP contribution in [-0.2, 0) is 6.42 Å². The number of aromatic nitrogens is 2. The zero-order chi connectivity index (χ0) is 19.3. The van der Waals surface area contributed by atoms with Crippen LogP contribution in [0.5, 0.6) is 5.88 Å². The Morgan fingerprint density at radius 1 is 1.18 bits per heavy atom. The zero-order valence-corrected chi connectivity index (χ0v) is 15.9. The molecule has 4 rings (SSSR count). The molecule has 2 aromatic heterocycles. The summed E-state index contributed by atoms with van der Waals surface area (Å²) in [6.45, 7) is 0.665. The topological polar surface area (TPSA) is 68.5 Å². The van der Waals surface area contributed by atoms with Gasteiger partial charge in [0, 0.05) is 19.2 Å². The van der Waals surface area contributed by atoms with Crippen LogP contribution < -0.4 is 4.74 Å². The first kappa shape index (κ1) is 18.2. The van der Waals surface area contributed by atoms with E-state index in [2.05, 4.69) is 22.1 Å². The highest BCUT2D eigenvalue weighted by Gasteiger charge is 2.33. The van der Waals surface area contributed by atoms with Gasteiger partial charge < -0.3 is 14.1 Å². The minimum absolute atomic E-state index is 0.0996. The molecule has 28 heavy (non-hydrogen) atoms. The quantitative estimate of drug-likeness (QED) is 0.671. The number of rotatable bonds is 5.